The Kier molecular flexibility index (Phi) is 9.06. The van der Waals surface area contributed by atoms with Crippen molar-refractivity contribution < 1.29 is 32.4 Å². The molecule has 0 unspecified atom stereocenters. The van der Waals surface area contributed by atoms with Crippen LogP contribution >= 0.6 is 0 Å². The van der Waals surface area contributed by atoms with E-state index < -0.39 is 43.8 Å². The van der Waals surface area contributed by atoms with Crippen molar-refractivity contribution in [2.24, 2.45) is 5.92 Å². The number of carbonyl (C=O) groups excluding carboxylic acids is 2. The van der Waals surface area contributed by atoms with Gasteiger partial charge in [0.25, 0.3) is 21.6 Å². The van der Waals surface area contributed by atoms with Crippen LogP contribution in [0.4, 0.5) is 21.9 Å². The molecule has 1 fully saturated rings. The molecular weight excluding hydrogens is 612 g/mol. The summed E-state index contributed by atoms with van der Waals surface area (Å²) in [6.07, 6.45) is 2.98. The Labute approximate surface area is 267 Å². The first-order valence-electron chi connectivity index (χ1n) is 14.8. The second-order valence-electron chi connectivity index (χ2n) is 12.3. The van der Waals surface area contributed by atoms with Gasteiger partial charge in [-0.1, -0.05) is 24.3 Å². The third-order valence-corrected chi connectivity index (χ3v) is 9.23. The van der Waals surface area contributed by atoms with Gasteiger partial charge in [0.1, 0.15) is 11.4 Å². The lowest BCUT2D eigenvalue weighted by molar-refractivity contribution is -0.387. The molecule has 2 N–H and O–H groups in total. The molecule has 1 aliphatic carbocycles. The maximum atomic E-state index is 13.7. The highest BCUT2D eigenvalue weighted by Crippen LogP contribution is 2.34. The van der Waals surface area contributed by atoms with Crippen LogP contribution in [0.15, 0.2) is 71.1 Å². The van der Waals surface area contributed by atoms with Gasteiger partial charge in [0.2, 0.25) is 0 Å². The third kappa shape index (κ3) is 7.48. The van der Waals surface area contributed by atoms with Crippen LogP contribution in [0.1, 0.15) is 55.1 Å². The zero-order valence-electron chi connectivity index (χ0n) is 26.0. The van der Waals surface area contributed by atoms with Crippen LogP contribution in [0.25, 0.3) is 6.08 Å². The predicted octanol–water partition coefficient (Wildman–Crippen LogP) is 6.38. The Balaban J connectivity index is 1.36. The SMILES string of the molecule is Cc1c(NC(=O)c2ccc(OCC3CC3)cc2)ccc2c1NCC(CN(C(=O)OC(C)(C)C)S(=O)(=O)c1ccccc1[N+](=O)[O-])=C2. The molecule has 3 aromatic rings. The van der Waals surface area contributed by atoms with Gasteiger partial charge in [0.15, 0.2) is 4.90 Å². The second kappa shape index (κ2) is 12.8. The molecule has 1 heterocycles. The van der Waals surface area contributed by atoms with Gasteiger partial charge in [-0.3, -0.25) is 14.9 Å². The van der Waals surface area contributed by atoms with E-state index in [9.17, 15) is 28.1 Å². The molecule has 2 aliphatic rings. The van der Waals surface area contributed by atoms with Crippen LogP contribution in [0.3, 0.4) is 0 Å². The minimum Gasteiger partial charge on any atom is -0.493 e. The summed E-state index contributed by atoms with van der Waals surface area (Å²) in [6, 6.07) is 15.4. The number of anilines is 2. The van der Waals surface area contributed by atoms with Gasteiger partial charge in [0, 0.05) is 29.5 Å². The Morgan fingerprint density at radius 2 is 1.76 bits per heavy atom. The number of nitro groups is 1. The highest BCUT2D eigenvalue weighted by atomic mass is 32.2. The Morgan fingerprint density at radius 3 is 2.41 bits per heavy atom. The minimum absolute atomic E-state index is 0.166. The summed E-state index contributed by atoms with van der Waals surface area (Å²) in [5.41, 5.74) is 2.12. The largest absolute Gasteiger partial charge is 0.493 e. The molecule has 242 valence electrons. The monoisotopic (exact) mass is 648 g/mol. The van der Waals surface area contributed by atoms with Crippen LogP contribution in [0, 0.1) is 23.0 Å². The maximum absolute atomic E-state index is 13.7. The van der Waals surface area contributed by atoms with E-state index in [0.717, 1.165) is 29.1 Å². The summed E-state index contributed by atoms with van der Waals surface area (Å²) in [7, 11) is -4.69. The molecule has 0 bridgehead atoms. The Morgan fingerprint density at radius 1 is 1.07 bits per heavy atom. The first-order valence-corrected chi connectivity index (χ1v) is 16.3. The summed E-state index contributed by atoms with van der Waals surface area (Å²) in [4.78, 5) is 36.5. The van der Waals surface area contributed by atoms with Crippen molar-refractivity contribution >= 4 is 45.2 Å². The molecule has 0 atom stereocenters. The first kappa shape index (κ1) is 32.5. The molecule has 5 rings (SSSR count). The fraction of sp³-hybridized carbons (Fsp3) is 0.333. The Hall–Kier alpha value is -4.91. The van der Waals surface area contributed by atoms with E-state index >= 15 is 0 Å². The van der Waals surface area contributed by atoms with Crippen molar-refractivity contribution in [3.05, 3.63) is 93.0 Å². The number of amides is 2. The van der Waals surface area contributed by atoms with Gasteiger partial charge < -0.3 is 20.1 Å². The number of nitro benzene ring substituents is 1. The molecule has 12 nitrogen and oxygen atoms in total. The van der Waals surface area contributed by atoms with Crippen molar-refractivity contribution in [2.75, 3.05) is 30.3 Å². The summed E-state index contributed by atoms with van der Waals surface area (Å²) >= 11 is 0. The van der Waals surface area contributed by atoms with Crippen molar-refractivity contribution in [1.82, 2.24) is 4.31 Å². The summed E-state index contributed by atoms with van der Waals surface area (Å²) in [6.45, 7) is 7.08. The summed E-state index contributed by atoms with van der Waals surface area (Å²) < 4.78 is 39.1. The number of fused-ring (bicyclic) bond motifs is 1. The average Bonchev–Trinajstić information content (AvgIpc) is 3.84. The Bertz CT molecular complexity index is 1810. The highest BCUT2D eigenvalue weighted by molar-refractivity contribution is 7.89. The van der Waals surface area contributed by atoms with E-state index in [1.165, 1.54) is 25.0 Å². The lowest BCUT2D eigenvalue weighted by atomic mass is 9.99. The number of rotatable bonds is 10. The van der Waals surface area contributed by atoms with E-state index in [1.54, 1.807) is 63.2 Å². The molecule has 2 amide bonds. The molecule has 0 spiro atoms. The van der Waals surface area contributed by atoms with Crippen LogP contribution in [-0.4, -0.2) is 54.9 Å². The van der Waals surface area contributed by atoms with E-state index in [-0.39, 0.29) is 12.5 Å². The standard InChI is InChI=1S/C33H36N4O8S/c1-21-27(35-31(38)24-11-14-26(15-12-24)44-20-22-9-10-22)16-13-25-17-23(18-34-30(21)25)19-36(32(39)45-33(2,3)4)46(42,43)29-8-6-5-7-28(29)37(40)41/h5-8,11-17,22,34H,9-10,18-20H2,1-4H3,(H,35,38). The molecule has 0 aromatic heterocycles. The summed E-state index contributed by atoms with van der Waals surface area (Å²) in [5.74, 6) is 1.07. The van der Waals surface area contributed by atoms with Gasteiger partial charge in [0.05, 0.1) is 18.1 Å². The lowest BCUT2D eigenvalue weighted by Crippen LogP contribution is -2.42. The first-order chi connectivity index (χ1) is 21.7. The molecule has 0 radical (unpaired) electrons. The highest BCUT2D eigenvalue weighted by Gasteiger charge is 2.38. The second-order valence-corrected chi connectivity index (χ2v) is 14.1. The average molecular weight is 649 g/mol. The fourth-order valence-electron chi connectivity index (χ4n) is 4.88. The van der Waals surface area contributed by atoms with Crippen LogP contribution < -0.4 is 15.4 Å². The van der Waals surface area contributed by atoms with E-state index in [0.29, 0.717) is 39.2 Å². The topological polar surface area (TPSA) is 157 Å². The van der Waals surface area contributed by atoms with Crippen molar-refractivity contribution in [3.63, 3.8) is 0 Å². The molecule has 1 aliphatic heterocycles. The number of carbonyl (C=O) groups is 2. The molecular formula is C33H36N4O8S. The fourth-order valence-corrected chi connectivity index (χ4v) is 6.35. The van der Waals surface area contributed by atoms with Crippen LogP contribution in [0.2, 0.25) is 0 Å². The molecule has 13 heteroatoms. The molecule has 3 aromatic carbocycles. The van der Waals surface area contributed by atoms with Crippen molar-refractivity contribution in [2.45, 2.75) is 51.0 Å². The predicted molar refractivity (Wildman–Crippen MR) is 173 cm³/mol. The molecule has 0 saturated heterocycles. The van der Waals surface area contributed by atoms with Crippen molar-refractivity contribution in [1.29, 1.82) is 0 Å². The van der Waals surface area contributed by atoms with Crippen LogP contribution in [-0.2, 0) is 14.8 Å². The van der Waals surface area contributed by atoms with Crippen LogP contribution in [0.5, 0.6) is 5.75 Å². The van der Waals surface area contributed by atoms with Gasteiger partial charge in [-0.25, -0.2) is 13.2 Å². The number of ether oxygens (including phenoxy) is 2. The number of para-hydroxylation sites is 1. The number of hydrogen-bond acceptors (Lipinski definition) is 9. The number of sulfonamides is 1. The number of benzene rings is 3. The lowest BCUT2D eigenvalue weighted by Gasteiger charge is -2.29. The minimum atomic E-state index is -4.69. The molecule has 1 saturated carbocycles. The van der Waals surface area contributed by atoms with Gasteiger partial charge >= 0.3 is 6.09 Å². The zero-order valence-corrected chi connectivity index (χ0v) is 26.8. The smallest absolute Gasteiger partial charge is 0.424 e. The normalized spacial score (nSPS) is 14.3. The zero-order chi connectivity index (χ0) is 33.2. The van der Waals surface area contributed by atoms with Gasteiger partial charge in [-0.15, -0.1) is 0 Å². The third-order valence-electron chi connectivity index (χ3n) is 7.47. The van der Waals surface area contributed by atoms with Crippen molar-refractivity contribution in [3.8, 4) is 5.75 Å². The maximum Gasteiger partial charge on any atom is 0.424 e. The van der Waals surface area contributed by atoms with E-state index in [4.69, 9.17) is 9.47 Å². The van der Waals surface area contributed by atoms with Gasteiger partial charge in [-0.2, -0.15) is 4.31 Å². The molecule has 46 heavy (non-hydrogen) atoms. The van der Waals surface area contributed by atoms with E-state index in [1.807, 2.05) is 6.92 Å². The quantitative estimate of drug-likeness (QED) is 0.188. The van der Waals surface area contributed by atoms with E-state index in [2.05, 4.69) is 10.6 Å². The number of hydrogen-bond donors (Lipinski definition) is 2. The number of nitrogens with zero attached hydrogens (tertiary/aromatic N) is 2. The number of nitrogens with one attached hydrogen (secondary N) is 2. The van der Waals surface area contributed by atoms with Gasteiger partial charge in [-0.05, 0) is 99.6 Å². The summed E-state index contributed by atoms with van der Waals surface area (Å²) in [5, 5.41) is 17.8.